The molecule has 0 saturated heterocycles. The highest BCUT2D eigenvalue weighted by molar-refractivity contribution is 5.85. The minimum atomic E-state index is -0.311. The van der Waals surface area contributed by atoms with E-state index in [1.807, 2.05) is 46.0 Å². The van der Waals surface area contributed by atoms with Crippen LogP contribution < -0.4 is 5.32 Å². The molecule has 2 aromatic rings. The summed E-state index contributed by atoms with van der Waals surface area (Å²) in [5.41, 5.74) is 1.83. The fraction of sp³-hybridized carbons (Fsp3) is 0.455. The van der Waals surface area contributed by atoms with Crippen LogP contribution in [0.4, 0.5) is 9.18 Å². The van der Waals surface area contributed by atoms with Gasteiger partial charge in [0.2, 0.25) is 5.91 Å². The van der Waals surface area contributed by atoms with Crippen molar-refractivity contribution < 1.29 is 14.0 Å². The molecule has 0 spiro atoms. The number of nitrogens with zero attached hydrogens (tertiary/aromatic N) is 3. The van der Waals surface area contributed by atoms with Crippen molar-refractivity contribution >= 4 is 11.9 Å². The summed E-state index contributed by atoms with van der Waals surface area (Å²) in [6, 6.07) is 9.52. The SMILES string of the molecule is CC(C)NC(=O)N(CC(=O)N1CCn2cccc2C1c1ccc(F)cc1)C(C)C. The van der Waals surface area contributed by atoms with Crippen LogP contribution in [0.5, 0.6) is 0 Å². The average molecular weight is 400 g/mol. The standard InChI is InChI=1S/C22H29FN4O2/c1-15(2)24-22(29)27(16(3)4)14-20(28)26-13-12-25-11-5-6-19(25)21(26)17-7-9-18(23)10-8-17/h5-11,15-16,21H,12-14H2,1-4H3,(H,24,29). The Hall–Kier alpha value is -2.83. The summed E-state index contributed by atoms with van der Waals surface area (Å²) in [7, 11) is 0. The summed E-state index contributed by atoms with van der Waals surface area (Å²) < 4.78 is 15.6. The van der Waals surface area contributed by atoms with Crippen LogP contribution in [0.2, 0.25) is 0 Å². The minimum absolute atomic E-state index is 0.00533. The van der Waals surface area contributed by atoms with E-state index >= 15 is 0 Å². The van der Waals surface area contributed by atoms with Crippen LogP contribution in [0.25, 0.3) is 0 Å². The molecular formula is C22H29FN4O2. The van der Waals surface area contributed by atoms with Crippen molar-refractivity contribution in [1.29, 1.82) is 0 Å². The summed E-state index contributed by atoms with van der Waals surface area (Å²) in [5.74, 6) is -0.437. The Labute approximate surface area is 171 Å². The maximum Gasteiger partial charge on any atom is 0.318 e. The number of fused-ring (bicyclic) bond motifs is 1. The van der Waals surface area contributed by atoms with Gasteiger partial charge in [0.15, 0.2) is 0 Å². The number of halogens is 1. The van der Waals surface area contributed by atoms with Gasteiger partial charge >= 0.3 is 6.03 Å². The third kappa shape index (κ3) is 4.60. The molecule has 1 unspecified atom stereocenters. The van der Waals surface area contributed by atoms with Crippen LogP contribution in [0.15, 0.2) is 42.6 Å². The number of aromatic nitrogens is 1. The van der Waals surface area contributed by atoms with Crippen molar-refractivity contribution in [2.75, 3.05) is 13.1 Å². The molecule has 0 bridgehead atoms. The van der Waals surface area contributed by atoms with E-state index in [0.29, 0.717) is 13.1 Å². The second-order valence-electron chi connectivity index (χ2n) is 7.99. The molecule has 1 N–H and O–H groups in total. The summed E-state index contributed by atoms with van der Waals surface area (Å²) in [4.78, 5) is 29.2. The average Bonchev–Trinajstić information content (AvgIpc) is 3.13. The number of rotatable bonds is 5. The third-order valence-electron chi connectivity index (χ3n) is 5.15. The van der Waals surface area contributed by atoms with Gasteiger partial charge < -0.3 is 19.7 Å². The van der Waals surface area contributed by atoms with E-state index in [0.717, 1.165) is 11.3 Å². The molecule has 156 valence electrons. The lowest BCUT2D eigenvalue weighted by Crippen LogP contribution is -2.52. The molecule has 0 saturated carbocycles. The molecule has 1 atom stereocenters. The number of hydrogen-bond acceptors (Lipinski definition) is 2. The maximum atomic E-state index is 13.5. The van der Waals surface area contributed by atoms with E-state index in [9.17, 15) is 14.0 Å². The fourth-order valence-electron chi connectivity index (χ4n) is 3.70. The van der Waals surface area contributed by atoms with Crippen LogP contribution in [0, 0.1) is 5.82 Å². The van der Waals surface area contributed by atoms with E-state index in [1.54, 1.807) is 21.9 Å². The summed E-state index contributed by atoms with van der Waals surface area (Å²) in [6.07, 6.45) is 1.99. The molecule has 1 aliphatic rings. The first-order valence-electron chi connectivity index (χ1n) is 10.0. The zero-order valence-electron chi connectivity index (χ0n) is 17.4. The zero-order valence-corrected chi connectivity index (χ0v) is 17.4. The molecule has 3 amide bonds. The van der Waals surface area contributed by atoms with Crippen molar-refractivity contribution in [3.8, 4) is 0 Å². The highest BCUT2D eigenvalue weighted by atomic mass is 19.1. The molecule has 6 nitrogen and oxygen atoms in total. The van der Waals surface area contributed by atoms with Gasteiger partial charge in [-0.15, -0.1) is 0 Å². The van der Waals surface area contributed by atoms with Crippen LogP contribution in [-0.4, -0.2) is 51.5 Å². The number of urea groups is 1. The Morgan fingerprint density at radius 2 is 1.83 bits per heavy atom. The van der Waals surface area contributed by atoms with Crippen molar-refractivity contribution in [2.24, 2.45) is 0 Å². The Morgan fingerprint density at radius 3 is 2.45 bits per heavy atom. The van der Waals surface area contributed by atoms with E-state index in [1.165, 1.54) is 12.1 Å². The summed E-state index contributed by atoms with van der Waals surface area (Å²) in [6.45, 7) is 8.78. The van der Waals surface area contributed by atoms with E-state index in [4.69, 9.17) is 0 Å². The normalized spacial score (nSPS) is 16.1. The Bertz CT molecular complexity index is 860. The van der Waals surface area contributed by atoms with E-state index in [-0.39, 0.29) is 42.4 Å². The zero-order chi connectivity index (χ0) is 21.1. The molecule has 1 aromatic carbocycles. The molecule has 29 heavy (non-hydrogen) atoms. The fourth-order valence-corrected chi connectivity index (χ4v) is 3.70. The topological polar surface area (TPSA) is 57.6 Å². The lowest BCUT2D eigenvalue weighted by molar-refractivity contribution is -0.134. The smallest absolute Gasteiger partial charge is 0.318 e. The largest absolute Gasteiger partial charge is 0.348 e. The molecule has 0 radical (unpaired) electrons. The second kappa shape index (κ2) is 8.68. The van der Waals surface area contributed by atoms with Gasteiger partial charge in [-0.3, -0.25) is 4.79 Å². The van der Waals surface area contributed by atoms with Gasteiger partial charge in [0.05, 0.1) is 6.04 Å². The summed E-state index contributed by atoms with van der Waals surface area (Å²) in [5, 5.41) is 2.86. The molecular weight excluding hydrogens is 371 g/mol. The van der Waals surface area contributed by atoms with Crippen LogP contribution in [0.3, 0.4) is 0 Å². The van der Waals surface area contributed by atoms with Gasteiger partial charge in [0.1, 0.15) is 12.4 Å². The lowest BCUT2D eigenvalue weighted by atomic mass is 9.99. The first kappa shape index (κ1) is 20.9. The number of hydrogen-bond donors (Lipinski definition) is 1. The van der Waals surface area contributed by atoms with Crippen molar-refractivity contribution in [3.05, 3.63) is 59.7 Å². The van der Waals surface area contributed by atoms with E-state index < -0.39 is 0 Å². The number of carbonyl (C=O) groups is 2. The number of carbonyl (C=O) groups excluding carboxylic acids is 2. The number of benzene rings is 1. The van der Waals surface area contributed by atoms with Gasteiger partial charge in [-0.2, -0.15) is 0 Å². The molecule has 0 fully saturated rings. The quantitative estimate of drug-likeness (QED) is 0.836. The Kier molecular flexibility index (Phi) is 6.25. The Morgan fingerprint density at radius 1 is 1.14 bits per heavy atom. The Balaban J connectivity index is 1.87. The van der Waals surface area contributed by atoms with Crippen molar-refractivity contribution in [3.63, 3.8) is 0 Å². The van der Waals surface area contributed by atoms with Crippen LogP contribution in [-0.2, 0) is 11.3 Å². The predicted octanol–water partition coefficient (Wildman–Crippen LogP) is 3.39. The van der Waals surface area contributed by atoms with E-state index in [2.05, 4.69) is 9.88 Å². The first-order chi connectivity index (χ1) is 13.8. The van der Waals surface area contributed by atoms with Crippen LogP contribution in [0.1, 0.15) is 45.0 Å². The van der Waals surface area contributed by atoms with Crippen LogP contribution >= 0.6 is 0 Å². The van der Waals surface area contributed by atoms with Gasteiger partial charge in [-0.05, 0) is 57.5 Å². The minimum Gasteiger partial charge on any atom is -0.348 e. The highest BCUT2D eigenvalue weighted by Gasteiger charge is 2.34. The van der Waals surface area contributed by atoms with Gasteiger partial charge in [0.25, 0.3) is 0 Å². The molecule has 2 heterocycles. The maximum absolute atomic E-state index is 13.5. The second-order valence-corrected chi connectivity index (χ2v) is 7.99. The lowest BCUT2D eigenvalue weighted by Gasteiger charge is -2.39. The molecule has 3 rings (SSSR count). The highest BCUT2D eigenvalue weighted by Crippen LogP contribution is 2.32. The number of amides is 3. The van der Waals surface area contributed by atoms with Crippen molar-refractivity contribution in [1.82, 2.24) is 19.7 Å². The molecule has 7 heteroatoms. The molecule has 0 aliphatic carbocycles. The molecule has 1 aromatic heterocycles. The predicted molar refractivity (Wildman–Crippen MR) is 110 cm³/mol. The van der Waals surface area contributed by atoms with Gasteiger partial charge in [-0.25, -0.2) is 9.18 Å². The number of nitrogens with one attached hydrogen (secondary N) is 1. The molecule has 1 aliphatic heterocycles. The van der Waals surface area contributed by atoms with Crippen molar-refractivity contribution in [2.45, 2.75) is 52.4 Å². The van der Waals surface area contributed by atoms with Gasteiger partial charge in [-0.1, -0.05) is 12.1 Å². The monoisotopic (exact) mass is 400 g/mol. The first-order valence-corrected chi connectivity index (χ1v) is 10.0. The third-order valence-corrected chi connectivity index (χ3v) is 5.15. The van der Waals surface area contributed by atoms with Gasteiger partial charge in [0, 0.05) is 37.1 Å². The summed E-state index contributed by atoms with van der Waals surface area (Å²) >= 11 is 0.